The number of amides is 1. The van der Waals surface area contributed by atoms with Gasteiger partial charge in [0.25, 0.3) is 5.91 Å². The Kier molecular flexibility index (Phi) is 3.76. The number of nitrogens with zero attached hydrogens (tertiary/aromatic N) is 1. The zero-order chi connectivity index (χ0) is 12.4. The summed E-state index contributed by atoms with van der Waals surface area (Å²) >= 11 is 11.6. The van der Waals surface area contributed by atoms with E-state index < -0.39 is 6.10 Å². The molecule has 6 heteroatoms. The Labute approximate surface area is 109 Å². The largest absolute Gasteiger partial charge is 0.484 e. The van der Waals surface area contributed by atoms with Crippen molar-refractivity contribution >= 4 is 29.1 Å². The number of hydrogen-bond donors (Lipinski definition) is 1. The highest BCUT2D eigenvalue weighted by Crippen LogP contribution is 2.26. The lowest BCUT2D eigenvalue weighted by atomic mass is 10.2. The van der Waals surface area contributed by atoms with Crippen LogP contribution >= 0.6 is 23.2 Å². The van der Waals surface area contributed by atoms with Gasteiger partial charge in [0.2, 0.25) is 0 Å². The van der Waals surface area contributed by atoms with E-state index in [0.717, 1.165) is 0 Å². The van der Waals surface area contributed by atoms with Crippen LogP contribution in [0.15, 0.2) is 18.2 Å². The summed E-state index contributed by atoms with van der Waals surface area (Å²) in [5, 5.41) is 9.88. The fourth-order valence-electron chi connectivity index (χ4n) is 1.46. The van der Waals surface area contributed by atoms with Gasteiger partial charge in [0.15, 0.2) is 6.61 Å². The van der Waals surface area contributed by atoms with Gasteiger partial charge >= 0.3 is 0 Å². The van der Waals surface area contributed by atoms with E-state index >= 15 is 0 Å². The second-order valence-corrected chi connectivity index (χ2v) is 4.63. The third-order valence-corrected chi connectivity index (χ3v) is 3.21. The monoisotopic (exact) mass is 275 g/mol. The number of aliphatic hydroxyl groups excluding tert-OH is 1. The van der Waals surface area contributed by atoms with Crippen LogP contribution in [0.5, 0.6) is 5.75 Å². The number of ether oxygens (including phenoxy) is 1. The van der Waals surface area contributed by atoms with Crippen molar-refractivity contribution in [2.45, 2.75) is 6.10 Å². The number of carbonyl (C=O) groups is 1. The summed E-state index contributed by atoms with van der Waals surface area (Å²) in [6.45, 7) is 0.692. The molecular weight excluding hydrogens is 265 g/mol. The molecule has 1 heterocycles. The predicted molar refractivity (Wildman–Crippen MR) is 64.5 cm³/mol. The number of hydrogen-bond acceptors (Lipinski definition) is 3. The molecule has 1 aromatic rings. The Morgan fingerprint density at radius 3 is 2.71 bits per heavy atom. The van der Waals surface area contributed by atoms with Crippen LogP contribution in [0.25, 0.3) is 0 Å². The smallest absolute Gasteiger partial charge is 0.260 e. The Morgan fingerprint density at radius 1 is 1.41 bits per heavy atom. The summed E-state index contributed by atoms with van der Waals surface area (Å²) in [6.07, 6.45) is -0.399. The third-order valence-electron chi connectivity index (χ3n) is 2.47. The highest BCUT2D eigenvalue weighted by atomic mass is 35.5. The van der Waals surface area contributed by atoms with Gasteiger partial charge in [-0.25, -0.2) is 0 Å². The molecule has 1 N–H and O–H groups in total. The van der Waals surface area contributed by atoms with Crippen molar-refractivity contribution in [1.29, 1.82) is 0 Å². The van der Waals surface area contributed by atoms with Crippen molar-refractivity contribution in [1.82, 2.24) is 4.90 Å². The average Bonchev–Trinajstić information content (AvgIpc) is 2.26. The van der Waals surface area contributed by atoms with Crippen molar-refractivity contribution in [3.05, 3.63) is 28.2 Å². The van der Waals surface area contributed by atoms with Crippen LogP contribution in [0.1, 0.15) is 0 Å². The van der Waals surface area contributed by atoms with E-state index in [1.165, 1.54) is 4.90 Å². The van der Waals surface area contributed by atoms with Gasteiger partial charge in [-0.1, -0.05) is 23.2 Å². The maximum Gasteiger partial charge on any atom is 0.260 e. The molecule has 0 spiro atoms. The van der Waals surface area contributed by atoms with Gasteiger partial charge < -0.3 is 14.7 Å². The molecule has 1 amide bonds. The Bertz CT molecular complexity index is 433. The highest BCUT2D eigenvalue weighted by molar-refractivity contribution is 6.42. The molecule has 4 nitrogen and oxygen atoms in total. The molecule has 0 bridgehead atoms. The number of rotatable bonds is 3. The van der Waals surface area contributed by atoms with Crippen LogP contribution in [0.4, 0.5) is 0 Å². The first-order valence-corrected chi connectivity index (χ1v) is 5.85. The van der Waals surface area contributed by atoms with Gasteiger partial charge in [0.05, 0.1) is 16.1 Å². The SMILES string of the molecule is O=C(COc1ccc(Cl)c(Cl)c1)N1CC(O)C1. The molecule has 1 saturated heterocycles. The number of likely N-dealkylation sites (tertiary alicyclic amines) is 1. The van der Waals surface area contributed by atoms with Gasteiger partial charge in [0.1, 0.15) is 5.75 Å². The lowest BCUT2D eigenvalue weighted by Crippen LogP contribution is -2.54. The second kappa shape index (κ2) is 5.12. The van der Waals surface area contributed by atoms with Crippen molar-refractivity contribution < 1.29 is 14.6 Å². The van der Waals surface area contributed by atoms with E-state index in [1.54, 1.807) is 18.2 Å². The summed E-state index contributed by atoms with van der Waals surface area (Å²) in [5.41, 5.74) is 0. The molecule has 0 atom stereocenters. The fourth-order valence-corrected chi connectivity index (χ4v) is 1.75. The van der Waals surface area contributed by atoms with Crippen LogP contribution in [0.3, 0.4) is 0 Å². The molecule has 0 aromatic heterocycles. The predicted octanol–water partition coefficient (Wildman–Crippen LogP) is 1.58. The van der Waals surface area contributed by atoms with Gasteiger partial charge in [-0.2, -0.15) is 0 Å². The lowest BCUT2D eigenvalue weighted by Gasteiger charge is -2.35. The fraction of sp³-hybridized carbons (Fsp3) is 0.364. The first-order valence-electron chi connectivity index (χ1n) is 5.10. The zero-order valence-electron chi connectivity index (χ0n) is 8.90. The molecule has 0 saturated carbocycles. The average molecular weight is 276 g/mol. The maximum atomic E-state index is 11.5. The quantitative estimate of drug-likeness (QED) is 0.911. The standard InChI is InChI=1S/C11H11Cl2NO3/c12-9-2-1-8(3-10(9)13)17-6-11(16)14-4-7(15)5-14/h1-3,7,15H,4-6H2. The van der Waals surface area contributed by atoms with Crippen LogP contribution < -0.4 is 4.74 Å². The van der Waals surface area contributed by atoms with Crippen molar-refractivity contribution in [3.8, 4) is 5.75 Å². The van der Waals surface area contributed by atoms with E-state index in [0.29, 0.717) is 28.9 Å². The third kappa shape index (κ3) is 3.03. The number of carbonyl (C=O) groups excluding carboxylic acids is 1. The molecule has 0 radical (unpaired) electrons. The first-order chi connectivity index (χ1) is 8.06. The highest BCUT2D eigenvalue weighted by Gasteiger charge is 2.28. The zero-order valence-corrected chi connectivity index (χ0v) is 10.4. The minimum absolute atomic E-state index is 0.0648. The van der Waals surface area contributed by atoms with Gasteiger partial charge in [-0.3, -0.25) is 4.79 Å². The normalized spacial score (nSPS) is 15.6. The molecule has 1 fully saturated rings. The number of aliphatic hydroxyl groups is 1. The maximum absolute atomic E-state index is 11.5. The summed E-state index contributed by atoms with van der Waals surface area (Å²) in [5.74, 6) is 0.343. The van der Waals surface area contributed by atoms with Gasteiger partial charge in [0, 0.05) is 19.2 Å². The first kappa shape index (κ1) is 12.5. The molecule has 1 aliphatic rings. The summed E-state index contributed by atoms with van der Waals surface area (Å²) in [4.78, 5) is 13.1. The van der Waals surface area contributed by atoms with E-state index in [4.69, 9.17) is 33.0 Å². The topological polar surface area (TPSA) is 49.8 Å². The number of halogens is 2. The summed E-state index contributed by atoms with van der Waals surface area (Å²) < 4.78 is 5.28. The van der Waals surface area contributed by atoms with Gasteiger partial charge in [-0.05, 0) is 12.1 Å². The Morgan fingerprint density at radius 2 is 2.12 bits per heavy atom. The molecule has 92 valence electrons. The summed E-state index contributed by atoms with van der Waals surface area (Å²) in [6, 6.07) is 4.81. The van der Waals surface area contributed by atoms with Gasteiger partial charge in [-0.15, -0.1) is 0 Å². The van der Waals surface area contributed by atoms with E-state index in [1.807, 2.05) is 0 Å². The molecular formula is C11H11Cl2NO3. The van der Waals surface area contributed by atoms with Crippen molar-refractivity contribution in [3.63, 3.8) is 0 Å². The van der Waals surface area contributed by atoms with Crippen molar-refractivity contribution in [2.75, 3.05) is 19.7 Å². The minimum Gasteiger partial charge on any atom is -0.484 e. The van der Waals surface area contributed by atoms with E-state index in [9.17, 15) is 4.79 Å². The van der Waals surface area contributed by atoms with E-state index in [-0.39, 0.29) is 12.5 Å². The van der Waals surface area contributed by atoms with Crippen LogP contribution in [0, 0.1) is 0 Å². The molecule has 2 rings (SSSR count). The summed E-state index contributed by atoms with van der Waals surface area (Å²) in [7, 11) is 0. The molecule has 17 heavy (non-hydrogen) atoms. The lowest BCUT2D eigenvalue weighted by molar-refractivity contribution is -0.143. The minimum atomic E-state index is -0.399. The van der Waals surface area contributed by atoms with Crippen LogP contribution in [-0.2, 0) is 4.79 Å². The molecule has 0 unspecified atom stereocenters. The van der Waals surface area contributed by atoms with Crippen molar-refractivity contribution in [2.24, 2.45) is 0 Å². The number of β-amino-alcohol motifs (C(OH)–C–C–N with tert-alkyl or cyclic N) is 1. The Hall–Kier alpha value is -0.970. The number of benzene rings is 1. The Balaban J connectivity index is 1.85. The molecule has 1 aliphatic heterocycles. The van der Waals surface area contributed by atoms with E-state index in [2.05, 4.69) is 0 Å². The molecule has 0 aliphatic carbocycles. The molecule has 1 aromatic carbocycles. The van der Waals surface area contributed by atoms with Crippen LogP contribution in [-0.4, -0.2) is 41.7 Å². The second-order valence-electron chi connectivity index (χ2n) is 3.82. The van der Waals surface area contributed by atoms with Crippen LogP contribution in [0.2, 0.25) is 10.0 Å².